The van der Waals surface area contributed by atoms with Crippen molar-refractivity contribution in [2.75, 3.05) is 7.11 Å². The third-order valence-corrected chi connectivity index (χ3v) is 2.09. The fourth-order valence-electron chi connectivity index (χ4n) is 1.30. The van der Waals surface area contributed by atoms with Crippen LogP contribution in [0.3, 0.4) is 0 Å². The van der Waals surface area contributed by atoms with Crippen molar-refractivity contribution in [1.29, 1.82) is 0 Å². The van der Waals surface area contributed by atoms with Gasteiger partial charge in [-0.1, -0.05) is 6.92 Å². The number of hydrogen-bond donors (Lipinski definition) is 0. The third-order valence-electron chi connectivity index (χ3n) is 2.09. The molecule has 15 heavy (non-hydrogen) atoms. The molecule has 2 unspecified atom stereocenters. The van der Waals surface area contributed by atoms with Gasteiger partial charge < -0.3 is 9.47 Å². The molecule has 0 aliphatic carbocycles. The molecule has 0 saturated heterocycles. The van der Waals surface area contributed by atoms with E-state index < -0.39 is 0 Å². The van der Waals surface area contributed by atoms with Crippen LogP contribution in [0.4, 0.5) is 0 Å². The van der Waals surface area contributed by atoms with Gasteiger partial charge in [-0.2, -0.15) is 0 Å². The maximum absolute atomic E-state index is 11.3. The quantitative estimate of drug-likeness (QED) is 0.608. The van der Waals surface area contributed by atoms with Gasteiger partial charge in [0.1, 0.15) is 11.9 Å². The number of hydrogen-bond acceptors (Lipinski definition) is 4. The van der Waals surface area contributed by atoms with Crippen LogP contribution in [-0.4, -0.2) is 31.1 Å². The first kappa shape index (κ1) is 14.1. The lowest BCUT2D eigenvalue weighted by Crippen LogP contribution is -2.22. The number of methoxy groups -OCH3 is 1. The van der Waals surface area contributed by atoms with E-state index in [0.29, 0.717) is 0 Å². The molecule has 88 valence electrons. The van der Waals surface area contributed by atoms with Gasteiger partial charge in [0, 0.05) is 13.5 Å². The number of Topliss-reactive ketones (excluding diaryl/α,β-unsaturated/α-hetero) is 1. The molecule has 0 radical (unpaired) electrons. The minimum absolute atomic E-state index is 0.0223. The Morgan fingerprint density at radius 2 is 1.87 bits per heavy atom. The fourth-order valence-corrected chi connectivity index (χ4v) is 1.30. The summed E-state index contributed by atoms with van der Waals surface area (Å²) in [6.07, 6.45) is 0.851. The Morgan fingerprint density at radius 1 is 1.27 bits per heavy atom. The van der Waals surface area contributed by atoms with Gasteiger partial charge in [-0.05, 0) is 20.3 Å². The molecule has 0 aromatic rings. The van der Waals surface area contributed by atoms with E-state index in [9.17, 15) is 9.59 Å². The molecule has 2 atom stereocenters. The smallest absolute Gasteiger partial charge is 0.308 e. The van der Waals surface area contributed by atoms with Gasteiger partial charge in [-0.3, -0.25) is 9.59 Å². The zero-order chi connectivity index (χ0) is 11.8. The normalized spacial score (nSPS) is 14.4. The van der Waals surface area contributed by atoms with Crippen molar-refractivity contribution in [2.24, 2.45) is 0 Å². The van der Waals surface area contributed by atoms with Gasteiger partial charge in [-0.15, -0.1) is 0 Å². The summed E-state index contributed by atoms with van der Waals surface area (Å²) >= 11 is 0. The number of carbonyl (C=O) groups excluding carboxylic acids is 2. The van der Waals surface area contributed by atoms with Crippen LogP contribution < -0.4 is 0 Å². The number of rotatable bonds is 7. The molecule has 0 fully saturated rings. The molecule has 0 N–H and O–H groups in total. The summed E-state index contributed by atoms with van der Waals surface area (Å²) in [6, 6.07) is 0. The molecule has 0 spiro atoms. The lowest BCUT2D eigenvalue weighted by Gasteiger charge is -2.15. The summed E-state index contributed by atoms with van der Waals surface area (Å²) in [7, 11) is 1.57. The van der Waals surface area contributed by atoms with E-state index in [2.05, 4.69) is 0 Å². The van der Waals surface area contributed by atoms with Crippen molar-refractivity contribution in [3.8, 4) is 0 Å². The highest BCUT2D eigenvalue weighted by Crippen LogP contribution is 2.06. The second kappa shape index (κ2) is 7.40. The molecule has 0 aromatic carbocycles. The first-order valence-corrected chi connectivity index (χ1v) is 5.21. The number of carbonyl (C=O) groups is 2. The average molecular weight is 216 g/mol. The second-order valence-corrected chi connectivity index (χ2v) is 3.68. The highest BCUT2D eigenvalue weighted by molar-refractivity contribution is 5.76. The number of ketones is 1. The molecule has 0 aromatic heterocycles. The summed E-state index contributed by atoms with van der Waals surface area (Å²) in [5.74, 6) is -0.286. The topological polar surface area (TPSA) is 52.6 Å². The van der Waals surface area contributed by atoms with E-state index in [1.54, 1.807) is 14.0 Å². The largest absolute Gasteiger partial charge is 0.462 e. The molecule has 0 rings (SSSR count). The van der Waals surface area contributed by atoms with Crippen LogP contribution >= 0.6 is 0 Å². The van der Waals surface area contributed by atoms with Crippen molar-refractivity contribution in [3.05, 3.63) is 0 Å². The highest BCUT2D eigenvalue weighted by Gasteiger charge is 2.15. The van der Waals surface area contributed by atoms with Crippen molar-refractivity contribution in [1.82, 2.24) is 0 Å². The van der Waals surface area contributed by atoms with Crippen LogP contribution in [0.5, 0.6) is 0 Å². The minimum Gasteiger partial charge on any atom is -0.462 e. The predicted molar refractivity (Wildman–Crippen MR) is 56.6 cm³/mol. The monoisotopic (exact) mass is 216 g/mol. The van der Waals surface area contributed by atoms with Crippen LogP contribution in [0.1, 0.15) is 40.0 Å². The SMILES string of the molecule is CCC(CC(=O)OC(C)CC(C)=O)OC. The molecule has 4 nitrogen and oxygen atoms in total. The maximum Gasteiger partial charge on any atom is 0.308 e. The molecule has 0 bridgehead atoms. The summed E-state index contributed by atoms with van der Waals surface area (Å²) in [4.78, 5) is 22.1. The van der Waals surface area contributed by atoms with Gasteiger partial charge in [0.15, 0.2) is 0 Å². The lowest BCUT2D eigenvalue weighted by atomic mass is 10.2. The average Bonchev–Trinajstić information content (AvgIpc) is 2.12. The standard InChI is InChI=1S/C11H20O4/c1-5-10(14-4)7-11(13)15-9(3)6-8(2)12/h9-10H,5-7H2,1-4H3. The van der Waals surface area contributed by atoms with Crippen molar-refractivity contribution in [2.45, 2.75) is 52.2 Å². The zero-order valence-corrected chi connectivity index (χ0v) is 9.91. The Bertz CT molecular complexity index is 209. The van der Waals surface area contributed by atoms with Crippen LogP contribution in [0.15, 0.2) is 0 Å². The Hall–Kier alpha value is -0.900. The van der Waals surface area contributed by atoms with Crippen LogP contribution in [0.25, 0.3) is 0 Å². The Morgan fingerprint density at radius 3 is 2.27 bits per heavy atom. The Kier molecular flexibility index (Phi) is 6.96. The molecule has 4 heteroatoms. The first-order valence-electron chi connectivity index (χ1n) is 5.21. The van der Waals surface area contributed by atoms with Gasteiger partial charge in [0.25, 0.3) is 0 Å². The molecule has 0 aliphatic rings. The predicted octanol–water partition coefficient (Wildman–Crippen LogP) is 1.71. The molecule has 0 amide bonds. The molecular weight excluding hydrogens is 196 g/mol. The summed E-state index contributed by atoms with van der Waals surface area (Å²) in [5.41, 5.74) is 0. The number of ether oxygens (including phenoxy) is 2. The summed E-state index contributed by atoms with van der Waals surface area (Å²) < 4.78 is 10.1. The van der Waals surface area contributed by atoms with E-state index in [1.165, 1.54) is 6.92 Å². The third kappa shape index (κ3) is 7.08. The van der Waals surface area contributed by atoms with Crippen molar-refractivity contribution >= 4 is 11.8 Å². The first-order chi connectivity index (χ1) is 6.99. The van der Waals surface area contributed by atoms with Gasteiger partial charge in [0.05, 0.1) is 12.5 Å². The number of esters is 1. The van der Waals surface area contributed by atoms with Crippen LogP contribution in [-0.2, 0) is 19.1 Å². The van der Waals surface area contributed by atoms with Crippen molar-refractivity contribution < 1.29 is 19.1 Å². The fraction of sp³-hybridized carbons (Fsp3) is 0.818. The second-order valence-electron chi connectivity index (χ2n) is 3.68. The zero-order valence-electron chi connectivity index (χ0n) is 9.91. The van der Waals surface area contributed by atoms with Crippen molar-refractivity contribution in [3.63, 3.8) is 0 Å². The van der Waals surface area contributed by atoms with Gasteiger partial charge >= 0.3 is 5.97 Å². The lowest BCUT2D eigenvalue weighted by molar-refractivity contribution is -0.151. The molecule has 0 aliphatic heterocycles. The molecule has 0 heterocycles. The van der Waals surface area contributed by atoms with E-state index in [0.717, 1.165) is 6.42 Å². The Labute approximate surface area is 90.9 Å². The van der Waals surface area contributed by atoms with Gasteiger partial charge in [-0.25, -0.2) is 0 Å². The van der Waals surface area contributed by atoms with Gasteiger partial charge in [0.2, 0.25) is 0 Å². The molecule has 0 saturated carbocycles. The van der Waals surface area contributed by atoms with Crippen LogP contribution in [0, 0.1) is 0 Å². The van der Waals surface area contributed by atoms with E-state index >= 15 is 0 Å². The van der Waals surface area contributed by atoms with E-state index in [-0.39, 0.29) is 36.8 Å². The van der Waals surface area contributed by atoms with E-state index in [4.69, 9.17) is 9.47 Å². The van der Waals surface area contributed by atoms with Crippen LogP contribution in [0.2, 0.25) is 0 Å². The minimum atomic E-state index is -0.343. The Balaban J connectivity index is 3.86. The highest BCUT2D eigenvalue weighted by atomic mass is 16.5. The summed E-state index contributed by atoms with van der Waals surface area (Å²) in [6.45, 7) is 5.14. The molecular formula is C11H20O4. The summed E-state index contributed by atoms with van der Waals surface area (Å²) in [5, 5.41) is 0. The van der Waals surface area contributed by atoms with E-state index in [1.807, 2.05) is 6.92 Å². The maximum atomic E-state index is 11.3.